The molecule has 0 atom stereocenters. The van der Waals surface area contributed by atoms with Gasteiger partial charge < -0.3 is 5.73 Å². The van der Waals surface area contributed by atoms with E-state index in [0.717, 1.165) is 11.1 Å². The largest absolute Gasteiger partial charge is 0.383 e. The first kappa shape index (κ1) is 17.8. The number of nitrogens with two attached hydrogens (primary N) is 1. The molecule has 0 aliphatic carbocycles. The van der Waals surface area contributed by atoms with Gasteiger partial charge in [0.05, 0.1) is 0 Å². The van der Waals surface area contributed by atoms with Gasteiger partial charge in [-0.3, -0.25) is 0 Å². The van der Waals surface area contributed by atoms with Gasteiger partial charge >= 0.3 is 0 Å². The molecule has 17 heavy (non-hydrogen) atoms. The Balaban J connectivity index is 0. The number of amidine groups is 1. The molecule has 0 saturated carbocycles. The molecule has 96 valence electrons. The fourth-order valence-electron chi connectivity index (χ4n) is 1.27. The van der Waals surface area contributed by atoms with E-state index >= 15 is 0 Å². The first-order valence-corrected chi connectivity index (χ1v) is 6.17. The fraction of sp³-hybridized carbons (Fsp3) is 0.400. The Hall–Kier alpha value is -1.57. The minimum Gasteiger partial charge on any atom is -0.383 e. The van der Waals surface area contributed by atoms with E-state index in [-0.39, 0.29) is 0 Å². The van der Waals surface area contributed by atoms with Crippen molar-refractivity contribution in [2.24, 2.45) is 10.7 Å². The zero-order valence-corrected chi connectivity index (χ0v) is 12.0. The Morgan fingerprint density at radius 3 is 2.12 bits per heavy atom. The summed E-state index contributed by atoms with van der Waals surface area (Å²) in [6.45, 7) is 15.6. The van der Waals surface area contributed by atoms with Gasteiger partial charge in [0.15, 0.2) is 0 Å². The lowest BCUT2D eigenvalue weighted by Crippen LogP contribution is -2.14. The second kappa shape index (κ2) is 10.9. The van der Waals surface area contributed by atoms with Crippen LogP contribution in [0.1, 0.15) is 44.4 Å². The standard InChI is InChI=1S/C11H14N2.2C2H6/c1-4-13-11(12)10-6-5-8(2)7-9(10)3;2*1-2/h4-7H,1H2,2-3H3,(H2,12,13);2*1-2H3. The maximum Gasteiger partial charge on any atom is 0.130 e. The third-order valence-corrected chi connectivity index (χ3v) is 1.89. The third kappa shape index (κ3) is 6.56. The molecule has 0 bridgehead atoms. The van der Waals surface area contributed by atoms with E-state index in [9.17, 15) is 0 Å². The van der Waals surface area contributed by atoms with Crippen LogP contribution in [0.2, 0.25) is 0 Å². The average molecular weight is 234 g/mol. The molecule has 1 aromatic carbocycles. The van der Waals surface area contributed by atoms with Crippen molar-refractivity contribution in [2.75, 3.05) is 0 Å². The minimum atomic E-state index is 0.521. The van der Waals surface area contributed by atoms with Gasteiger partial charge in [-0.2, -0.15) is 0 Å². The summed E-state index contributed by atoms with van der Waals surface area (Å²) >= 11 is 0. The van der Waals surface area contributed by atoms with E-state index in [1.165, 1.54) is 11.8 Å². The van der Waals surface area contributed by atoms with Crippen LogP contribution in [0.4, 0.5) is 0 Å². The quantitative estimate of drug-likeness (QED) is 0.604. The molecule has 2 N–H and O–H groups in total. The second-order valence-corrected chi connectivity index (χ2v) is 3.02. The van der Waals surface area contributed by atoms with Crippen molar-refractivity contribution in [3.63, 3.8) is 0 Å². The van der Waals surface area contributed by atoms with E-state index in [0.29, 0.717) is 5.84 Å². The Morgan fingerprint density at radius 1 is 1.18 bits per heavy atom. The first-order valence-electron chi connectivity index (χ1n) is 6.17. The smallest absolute Gasteiger partial charge is 0.130 e. The van der Waals surface area contributed by atoms with Crippen LogP contribution >= 0.6 is 0 Å². The van der Waals surface area contributed by atoms with Gasteiger partial charge in [-0.25, -0.2) is 4.99 Å². The van der Waals surface area contributed by atoms with Gasteiger partial charge in [-0.1, -0.05) is 58.0 Å². The molecule has 1 rings (SSSR count). The molecule has 0 aromatic heterocycles. The van der Waals surface area contributed by atoms with Crippen molar-refractivity contribution < 1.29 is 0 Å². The summed E-state index contributed by atoms with van der Waals surface area (Å²) in [6.07, 6.45) is 1.45. The van der Waals surface area contributed by atoms with Crippen molar-refractivity contribution in [1.82, 2.24) is 0 Å². The van der Waals surface area contributed by atoms with Crippen molar-refractivity contribution in [3.05, 3.63) is 47.7 Å². The number of benzene rings is 1. The van der Waals surface area contributed by atoms with Crippen LogP contribution in [0.25, 0.3) is 0 Å². The molecule has 0 aliphatic heterocycles. The van der Waals surface area contributed by atoms with Gasteiger partial charge in [0.1, 0.15) is 5.84 Å². The van der Waals surface area contributed by atoms with Gasteiger partial charge in [-0.15, -0.1) is 0 Å². The molecule has 0 heterocycles. The highest BCUT2D eigenvalue weighted by Gasteiger charge is 2.01. The highest BCUT2D eigenvalue weighted by molar-refractivity contribution is 5.99. The Morgan fingerprint density at radius 2 is 1.71 bits per heavy atom. The summed E-state index contributed by atoms with van der Waals surface area (Å²) in [5.41, 5.74) is 9.08. The maximum atomic E-state index is 5.74. The molecule has 2 nitrogen and oxygen atoms in total. The van der Waals surface area contributed by atoms with E-state index in [1.807, 2.05) is 46.8 Å². The van der Waals surface area contributed by atoms with Crippen LogP contribution in [0.5, 0.6) is 0 Å². The van der Waals surface area contributed by atoms with Crippen LogP contribution in [0.15, 0.2) is 36.0 Å². The fourth-order valence-corrected chi connectivity index (χ4v) is 1.27. The highest BCUT2D eigenvalue weighted by atomic mass is 14.8. The number of rotatable bonds is 2. The summed E-state index contributed by atoms with van der Waals surface area (Å²) in [5.74, 6) is 0.521. The van der Waals surface area contributed by atoms with Gasteiger partial charge in [0.2, 0.25) is 0 Å². The normalized spacial score (nSPS) is 9.41. The molecule has 0 spiro atoms. The van der Waals surface area contributed by atoms with Crippen LogP contribution in [0, 0.1) is 13.8 Å². The number of aliphatic imine (C=N–C) groups is 1. The molecule has 0 amide bonds. The van der Waals surface area contributed by atoms with E-state index in [4.69, 9.17) is 5.73 Å². The van der Waals surface area contributed by atoms with Crippen LogP contribution < -0.4 is 5.73 Å². The molecular formula is C15H26N2. The van der Waals surface area contributed by atoms with Gasteiger partial charge in [0.25, 0.3) is 0 Å². The zero-order chi connectivity index (χ0) is 13.8. The van der Waals surface area contributed by atoms with Crippen molar-refractivity contribution in [2.45, 2.75) is 41.5 Å². The average Bonchev–Trinajstić information content (AvgIpc) is 2.34. The summed E-state index contributed by atoms with van der Waals surface area (Å²) in [6, 6.07) is 6.08. The molecule has 0 saturated heterocycles. The van der Waals surface area contributed by atoms with Crippen LogP contribution in [-0.2, 0) is 0 Å². The number of hydrogen-bond donors (Lipinski definition) is 1. The van der Waals surface area contributed by atoms with Crippen molar-refractivity contribution in [3.8, 4) is 0 Å². The van der Waals surface area contributed by atoms with E-state index < -0.39 is 0 Å². The van der Waals surface area contributed by atoms with Gasteiger partial charge in [0, 0.05) is 11.8 Å². The second-order valence-electron chi connectivity index (χ2n) is 3.02. The summed E-state index contributed by atoms with van der Waals surface area (Å²) in [4.78, 5) is 3.94. The Labute approximate surface area is 106 Å². The molecule has 0 unspecified atom stereocenters. The predicted octanol–water partition coefficient (Wildman–Crippen LogP) is 4.20. The topological polar surface area (TPSA) is 38.4 Å². The Kier molecular flexibility index (Phi) is 11.5. The predicted molar refractivity (Wildman–Crippen MR) is 79.5 cm³/mol. The molecular weight excluding hydrogens is 208 g/mol. The van der Waals surface area contributed by atoms with Gasteiger partial charge in [-0.05, 0) is 19.4 Å². The van der Waals surface area contributed by atoms with Crippen LogP contribution in [-0.4, -0.2) is 5.84 Å². The number of hydrogen-bond acceptors (Lipinski definition) is 1. The van der Waals surface area contributed by atoms with E-state index in [2.05, 4.69) is 24.6 Å². The summed E-state index contributed by atoms with van der Waals surface area (Å²) in [7, 11) is 0. The first-order chi connectivity index (χ1) is 8.15. The van der Waals surface area contributed by atoms with Crippen LogP contribution in [0.3, 0.4) is 0 Å². The molecule has 1 aromatic rings. The molecule has 0 aliphatic rings. The Bertz CT molecular complexity index is 352. The maximum absolute atomic E-state index is 5.74. The van der Waals surface area contributed by atoms with Crippen molar-refractivity contribution >= 4 is 5.84 Å². The highest BCUT2D eigenvalue weighted by Crippen LogP contribution is 2.09. The van der Waals surface area contributed by atoms with E-state index in [1.54, 1.807) is 0 Å². The number of nitrogens with zero attached hydrogens (tertiary/aromatic N) is 1. The monoisotopic (exact) mass is 234 g/mol. The number of aryl methyl sites for hydroxylation is 2. The minimum absolute atomic E-state index is 0.521. The summed E-state index contributed by atoms with van der Waals surface area (Å²) in [5, 5.41) is 0. The summed E-state index contributed by atoms with van der Waals surface area (Å²) < 4.78 is 0. The third-order valence-electron chi connectivity index (χ3n) is 1.89. The zero-order valence-electron chi connectivity index (χ0n) is 12.0. The molecule has 0 radical (unpaired) electrons. The molecule has 0 fully saturated rings. The lowest BCUT2D eigenvalue weighted by Gasteiger charge is -2.04. The van der Waals surface area contributed by atoms with Crippen molar-refractivity contribution in [1.29, 1.82) is 0 Å². The molecule has 2 heteroatoms. The SMILES string of the molecule is C=CN=C(N)c1ccc(C)cc1C.CC.CC. The lowest BCUT2D eigenvalue weighted by molar-refractivity contribution is 1.34. The lowest BCUT2D eigenvalue weighted by atomic mass is 10.1.